The molecule has 0 aliphatic carbocycles. The van der Waals surface area contributed by atoms with Crippen LogP contribution in [-0.4, -0.2) is 27.5 Å². The molecule has 0 atom stereocenters. The van der Waals surface area contributed by atoms with Crippen LogP contribution in [0, 0.1) is 0 Å². The highest BCUT2D eigenvalue weighted by Crippen LogP contribution is 2.16. The van der Waals surface area contributed by atoms with Crippen LogP contribution in [0.3, 0.4) is 0 Å². The Hall–Kier alpha value is -2.60. The maximum Gasteiger partial charge on any atom is 0.278 e. The Balaban J connectivity index is 1.53. The second-order valence-electron chi connectivity index (χ2n) is 5.37. The first-order chi connectivity index (χ1) is 12.3. The fraction of sp³-hybridized carbons (Fsp3) is 0.211. The average molecular weight is 353 g/mol. The van der Waals surface area contributed by atoms with Crippen molar-refractivity contribution >= 4 is 11.8 Å². The molecule has 0 aliphatic heterocycles. The number of H-pyrrole nitrogens is 1. The molecule has 1 N–H and O–H groups in total. The first-order valence-electron chi connectivity index (χ1n) is 8.13. The van der Waals surface area contributed by atoms with Crippen molar-refractivity contribution in [3.05, 3.63) is 70.5 Å². The lowest BCUT2D eigenvalue weighted by Gasteiger charge is -2.06. The van der Waals surface area contributed by atoms with Gasteiger partial charge in [-0.3, -0.25) is 9.78 Å². The molecule has 6 heteroatoms. The fourth-order valence-electron chi connectivity index (χ4n) is 2.29. The topological polar surface area (TPSA) is 67.9 Å². The smallest absolute Gasteiger partial charge is 0.278 e. The zero-order chi connectivity index (χ0) is 17.5. The van der Waals surface area contributed by atoms with Gasteiger partial charge in [0, 0.05) is 11.3 Å². The van der Waals surface area contributed by atoms with Gasteiger partial charge >= 0.3 is 0 Å². The van der Waals surface area contributed by atoms with Crippen LogP contribution in [0.2, 0.25) is 0 Å². The van der Waals surface area contributed by atoms with E-state index >= 15 is 0 Å². The van der Waals surface area contributed by atoms with E-state index in [2.05, 4.69) is 34.2 Å². The maximum absolute atomic E-state index is 12.2. The molecule has 0 saturated carbocycles. The summed E-state index contributed by atoms with van der Waals surface area (Å²) in [4.78, 5) is 14.9. The van der Waals surface area contributed by atoms with Crippen molar-refractivity contribution in [3.63, 3.8) is 0 Å². The summed E-state index contributed by atoms with van der Waals surface area (Å²) in [5.41, 5.74) is 2.14. The number of aromatic nitrogens is 3. The van der Waals surface area contributed by atoms with Crippen LogP contribution in [0.25, 0.3) is 11.3 Å². The zero-order valence-electron chi connectivity index (χ0n) is 13.9. The standard InChI is InChI=1S/C19H19N3O2S/c1-2-14-8-10-16(11-9-14)24-12-13-25-19-20-18(23)17(21-22-19)15-6-4-3-5-7-15/h3-11H,2,12-13H2,1H3,(H,20,22,23). The van der Waals surface area contributed by atoms with Crippen LogP contribution >= 0.6 is 11.8 Å². The molecule has 1 aromatic heterocycles. The van der Waals surface area contributed by atoms with Gasteiger partial charge < -0.3 is 4.74 Å². The molecule has 128 valence electrons. The van der Waals surface area contributed by atoms with E-state index in [1.807, 2.05) is 42.5 Å². The third-order valence-corrected chi connectivity index (χ3v) is 4.47. The van der Waals surface area contributed by atoms with Gasteiger partial charge in [0.15, 0.2) is 10.9 Å². The molecule has 0 spiro atoms. The van der Waals surface area contributed by atoms with Gasteiger partial charge in [-0.15, -0.1) is 10.2 Å². The molecule has 0 bridgehead atoms. The molecule has 25 heavy (non-hydrogen) atoms. The number of thioether (sulfide) groups is 1. The van der Waals surface area contributed by atoms with Crippen molar-refractivity contribution in [1.82, 2.24) is 15.2 Å². The number of nitrogens with zero attached hydrogens (tertiary/aromatic N) is 2. The third-order valence-electron chi connectivity index (χ3n) is 3.65. The summed E-state index contributed by atoms with van der Waals surface area (Å²) >= 11 is 1.41. The molecule has 3 aromatic rings. The number of aromatic amines is 1. The van der Waals surface area contributed by atoms with Gasteiger partial charge in [-0.1, -0.05) is 61.2 Å². The highest BCUT2D eigenvalue weighted by atomic mass is 32.2. The van der Waals surface area contributed by atoms with Crippen LogP contribution in [-0.2, 0) is 6.42 Å². The number of ether oxygens (including phenoxy) is 1. The Labute approximate surface area is 150 Å². The molecule has 0 aliphatic rings. The normalized spacial score (nSPS) is 10.6. The SMILES string of the molecule is CCc1ccc(OCCSc2nnc(-c3ccccc3)c(=O)[nH]2)cc1. The minimum atomic E-state index is -0.236. The molecule has 0 unspecified atom stereocenters. The Kier molecular flexibility index (Phi) is 5.85. The number of aryl methyl sites for hydroxylation is 1. The van der Waals surface area contributed by atoms with Gasteiger partial charge in [0.25, 0.3) is 5.56 Å². The van der Waals surface area contributed by atoms with Crippen LogP contribution in [0.5, 0.6) is 5.75 Å². The summed E-state index contributed by atoms with van der Waals surface area (Å²) < 4.78 is 5.69. The number of benzene rings is 2. The monoisotopic (exact) mass is 353 g/mol. The molecular formula is C19H19N3O2S. The number of hydrogen-bond donors (Lipinski definition) is 1. The number of hydrogen-bond acceptors (Lipinski definition) is 5. The molecule has 1 heterocycles. The van der Waals surface area contributed by atoms with E-state index in [9.17, 15) is 4.79 Å². The summed E-state index contributed by atoms with van der Waals surface area (Å²) in [6, 6.07) is 17.4. The zero-order valence-corrected chi connectivity index (χ0v) is 14.8. The first-order valence-corrected chi connectivity index (χ1v) is 9.12. The van der Waals surface area contributed by atoms with Gasteiger partial charge in [0.05, 0.1) is 6.61 Å². The predicted molar refractivity (Wildman–Crippen MR) is 100 cm³/mol. The largest absolute Gasteiger partial charge is 0.493 e. The molecule has 0 radical (unpaired) electrons. The Morgan fingerprint density at radius 2 is 1.80 bits per heavy atom. The molecule has 0 amide bonds. The minimum absolute atomic E-state index is 0.236. The molecule has 2 aromatic carbocycles. The van der Waals surface area contributed by atoms with Crippen LogP contribution in [0.1, 0.15) is 12.5 Å². The highest BCUT2D eigenvalue weighted by molar-refractivity contribution is 7.99. The minimum Gasteiger partial charge on any atom is -0.493 e. The third kappa shape index (κ3) is 4.70. The second-order valence-corrected chi connectivity index (χ2v) is 6.45. The Morgan fingerprint density at radius 1 is 1.04 bits per heavy atom. The maximum atomic E-state index is 12.2. The van der Waals surface area contributed by atoms with Crippen LogP contribution < -0.4 is 10.3 Å². The van der Waals surface area contributed by atoms with E-state index in [4.69, 9.17) is 4.74 Å². The summed E-state index contributed by atoms with van der Waals surface area (Å²) in [5, 5.41) is 8.63. The van der Waals surface area contributed by atoms with E-state index < -0.39 is 0 Å². The Morgan fingerprint density at radius 3 is 2.48 bits per heavy atom. The van der Waals surface area contributed by atoms with Crippen molar-refractivity contribution < 1.29 is 4.74 Å². The van der Waals surface area contributed by atoms with Gasteiger partial charge in [-0.25, -0.2) is 0 Å². The fourth-order valence-corrected chi connectivity index (χ4v) is 2.91. The number of rotatable bonds is 7. The van der Waals surface area contributed by atoms with E-state index in [0.29, 0.717) is 23.2 Å². The van der Waals surface area contributed by atoms with Crippen molar-refractivity contribution in [2.45, 2.75) is 18.5 Å². The van der Waals surface area contributed by atoms with E-state index in [1.165, 1.54) is 17.3 Å². The first kappa shape index (κ1) is 17.2. The van der Waals surface area contributed by atoms with Crippen molar-refractivity contribution in [1.29, 1.82) is 0 Å². The van der Waals surface area contributed by atoms with E-state index in [1.54, 1.807) is 0 Å². The lowest BCUT2D eigenvalue weighted by atomic mass is 10.2. The summed E-state index contributed by atoms with van der Waals surface area (Å²) in [5.74, 6) is 1.52. The predicted octanol–water partition coefficient (Wildman–Crippen LogP) is 3.57. The summed E-state index contributed by atoms with van der Waals surface area (Å²) in [7, 11) is 0. The van der Waals surface area contributed by atoms with E-state index in [0.717, 1.165) is 17.7 Å². The molecule has 5 nitrogen and oxygen atoms in total. The van der Waals surface area contributed by atoms with Crippen LogP contribution in [0.4, 0.5) is 0 Å². The van der Waals surface area contributed by atoms with E-state index in [-0.39, 0.29) is 5.56 Å². The summed E-state index contributed by atoms with van der Waals surface area (Å²) in [6.07, 6.45) is 1.02. The van der Waals surface area contributed by atoms with Gasteiger partial charge in [-0.05, 0) is 24.1 Å². The van der Waals surface area contributed by atoms with Crippen molar-refractivity contribution in [2.24, 2.45) is 0 Å². The molecule has 0 saturated heterocycles. The average Bonchev–Trinajstić information content (AvgIpc) is 2.66. The number of nitrogens with one attached hydrogen (secondary N) is 1. The van der Waals surface area contributed by atoms with Crippen LogP contribution in [0.15, 0.2) is 64.5 Å². The molecule has 3 rings (SSSR count). The van der Waals surface area contributed by atoms with Crippen molar-refractivity contribution in [2.75, 3.05) is 12.4 Å². The van der Waals surface area contributed by atoms with Crippen molar-refractivity contribution in [3.8, 4) is 17.0 Å². The lowest BCUT2D eigenvalue weighted by molar-refractivity contribution is 0.343. The molecule has 0 fully saturated rings. The van der Waals surface area contributed by atoms with Gasteiger partial charge in [0.1, 0.15) is 5.75 Å². The Bertz CT molecular complexity index is 864. The van der Waals surface area contributed by atoms with Gasteiger partial charge in [-0.2, -0.15) is 0 Å². The second kappa shape index (κ2) is 8.48. The lowest BCUT2D eigenvalue weighted by Crippen LogP contribution is -2.14. The summed E-state index contributed by atoms with van der Waals surface area (Å²) in [6.45, 7) is 2.65. The quantitative estimate of drug-likeness (QED) is 0.519. The highest BCUT2D eigenvalue weighted by Gasteiger charge is 2.07. The van der Waals surface area contributed by atoms with Gasteiger partial charge in [0.2, 0.25) is 0 Å². The molecular weight excluding hydrogens is 334 g/mol.